The summed E-state index contributed by atoms with van der Waals surface area (Å²) in [6, 6.07) is 7.50. The average Bonchev–Trinajstić information content (AvgIpc) is 2.41. The fourth-order valence-corrected chi connectivity index (χ4v) is 2.49. The third-order valence-electron chi connectivity index (χ3n) is 3.52. The highest BCUT2D eigenvalue weighted by Gasteiger charge is 2.30. The first kappa shape index (κ1) is 13.0. The SMILES string of the molecule is O=NCCOc1ccc(C2(O)CCCCC2)cc1. The topological polar surface area (TPSA) is 58.9 Å². The van der Waals surface area contributed by atoms with Gasteiger partial charge in [0.15, 0.2) is 0 Å². The average molecular weight is 249 g/mol. The first-order valence-electron chi connectivity index (χ1n) is 6.49. The van der Waals surface area contributed by atoms with Crippen LogP contribution in [0.3, 0.4) is 0 Å². The normalized spacial score (nSPS) is 18.3. The molecule has 98 valence electrons. The molecule has 0 amide bonds. The molecule has 0 aromatic heterocycles. The highest BCUT2D eigenvalue weighted by Crippen LogP contribution is 2.37. The van der Waals surface area contributed by atoms with Crippen molar-refractivity contribution < 1.29 is 9.84 Å². The molecule has 0 bridgehead atoms. The highest BCUT2D eigenvalue weighted by molar-refractivity contribution is 5.31. The lowest BCUT2D eigenvalue weighted by Gasteiger charge is -2.32. The van der Waals surface area contributed by atoms with Crippen LogP contribution in [0.5, 0.6) is 5.75 Å². The minimum Gasteiger partial charge on any atom is -0.492 e. The van der Waals surface area contributed by atoms with E-state index < -0.39 is 5.60 Å². The zero-order chi connectivity index (χ0) is 12.8. The fraction of sp³-hybridized carbons (Fsp3) is 0.571. The summed E-state index contributed by atoms with van der Waals surface area (Å²) in [7, 11) is 0. The lowest BCUT2D eigenvalue weighted by molar-refractivity contribution is -0.000659. The lowest BCUT2D eigenvalue weighted by atomic mass is 9.80. The Morgan fingerprint density at radius 3 is 2.44 bits per heavy atom. The van der Waals surface area contributed by atoms with Gasteiger partial charge in [-0.1, -0.05) is 36.6 Å². The zero-order valence-electron chi connectivity index (χ0n) is 10.5. The quantitative estimate of drug-likeness (QED) is 0.644. The van der Waals surface area contributed by atoms with Crippen molar-refractivity contribution in [1.29, 1.82) is 0 Å². The molecule has 4 nitrogen and oxygen atoms in total. The predicted molar refractivity (Wildman–Crippen MR) is 69.6 cm³/mol. The molecule has 0 spiro atoms. The number of benzene rings is 1. The third kappa shape index (κ3) is 3.07. The van der Waals surface area contributed by atoms with Crippen LogP contribution in [0, 0.1) is 4.91 Å². The Kier molecular flexibility index (Phi) is 4.31. The summed E-state index contributed by atoms with van der Waals surface area (Å²) in [5, 5.41) is 13.3. The Bertz CT molecular complexity index is 383. The molecule has 1 N–H and O–H groups in total. The second kappa shape index (κ2) is 5.96. The van der Waals surface area contributed by atoms with Gasteiger partial charge in [-0.05, 0) is 30.5 Å². The maximum atomic E-state index is 10.6. The van der Waals surface area contributed by atoms with Crippen LogP contribution in [0.15, 0.2) is 29.4 Å². The van der Waals surface area contributed by atoms with Crippen molar-refractivity contribution in [1.82, 2.24) is 0 Å². The molecule has 2 rings (SSSR count). The van der Waals surface area contributed by atoms with Gasteiger partial charge < -0.3 is 9.84 Å². The van der Waals surface area contributed by atoms with Gasteiger partial charge in [-0.25, -0.2) is 0 Å². The summed E-state index contributed by atoms with van der Waals surface area (Å²) in [4.78, 5) is 9.93. The molecular formula is C14H19NO3. The first-order chi connectivity index (χ1) is 8.74. The van der Waals surface area contributed by atoms with Gasteiger partial charge in [0.2, 0.25) is 0 Å². The standard InChI is InChI=1S/C14H19NO3/c16-14(8-2-1-3-9-14)12-4-6-13(7-5-12)18-11-10-15-17/h4-7,16H,1-3,8-11H2. The van der Waals surface area contributed by atoms with Crippen LogP contribution in [0.25, 0.3) is 0 Å². The van der Waals surface area contributed by atoms with E-state index in [0.717, 1.165) is 31.2 Å². The molecule has 0 heterocycles. The van der Waals surface area contributed by atoms with Gasteiger partial charge >= 0.3 is 0 Å². The summed E-state index contributed by atoms with van der Waals surface area (Å²) in [6.07, 6.45) is 5.05. The van der Waals surface area contributed by atoms with Gasteiger partial charge in [0.05, 0.1) is 5.60 Å². The predicted octanol–water partition coefficient (Wildman–Crippen LogP) is 2.98. The van der Waals surface area contributed by atoms with Crippen molar-refractivity contribution in [3.05, 3.63) is 34.7 Å². The van der Waals surface area contributed by atoms with Crippen molar-refractivity contribution in [3.63, 3.8) is 0 Å². The van der Waals surface area contributed by atoms with E-state index in [1.54, 1.807) is 0 Å². The number of rotatable bonds is 5. The molecule has 1 saturated carbocycles. The van der Waals surface area contributed by atoms with Gasteiger partial charge in [0.25, 0.3) is 0 Å². The highest BCUT2D eigenvalue weighted by atomic mass is 16.5. The molecule has 1 aromatic rings. The van der Waals surface area contributed by atoms with Crippen molar-refractivity contribution in [2.45, 2.75) is 37.7 Å². The van der Waals surface area contributed by atoms with Crippen LogP contribution in [-0.2, 0) is 5.60 Å². The number of nitroso groups, excluding NO2 is 1. The van der Waals surface area contributed by atoms with Crippen LogP contribution in [-0.4, -0.2) is 18.3 Å². The number of hydrogen-bond acceptors (Lipinski definition) is 4. The number of nitrogens with zero attached hydrogens (tertiary/aromatic N) is 1. The van der Waals surface area contributed by atoms with Crippen LogP contribution >= 0.6 is 0 Å². The third-order valence-corrected chi connectivity index (χ3v) is 3.52. The molecule has 4 heteroatoms. The van der Waals surface area contributed by atoms with E-state index in [2.05, 4.69) is 5.18 Å². The molecule has 0 aliphatic heterocycles. The molecule has 1 aliphatic rings. The maximum Gasteiger partial charge on any atom is 0.119 e. The van der Waals surface area contributed by atoms with Crippen LogP contribution < -0.4 is 4.74 Å². The minimum absolute atomic E-state index is 0.158. The Morgan fingerprint density at radius 1 is 1.17 bits per heavy atom. The van der Waals surface area contributed by atoms with E-state index in [1.165, 1.54) is 6.42 Å². The van der Waals surface area contributed by atoms with Crippen molar-refractivity contribution in [3.8, 4) is 5.75 Å². The van der Waals surface area contributed by atoms with Crippen LogP contribution in [0.1, 0.15) is 37.7 Å². The van der Waals surface area contributed by atoms with E-state index in [1.807, 2.05) is 24.3 Å². The Labute approximate surface area is 107 Å². The molecule has 0 saturated heterocycles. The van der Waals surface area contributed by atoms with Gasteiger partial charge in [-0.2, -0.15) is 4.91 Å². The van der Waals surface area contributed by atoms with Crippen LogP contribution in [0.4, 0.5) is 0 Å². The number of hydrogen-bond donors (Lipinski definition) is 1. The summed E-state index contributed by atoms with van der Waals surface area (Å²) in [6.45, 7) is 0.457. The molecule has 1 aromatic carbocycles. The van der Waals surface area contributed by atoms with E-state index >= 15 is 0 Å². The Balaban J connectivity index is 2.00. The zero-order valence-corrected chi connectivity index (χ0v) is 10.5. The van der Waals surface area contributed by atoms with Gasteiger partial charge in [-0.15, -0.1) is 0 Å². The molecule has 1 fully saturated rings. The number of aliphatic hydroxyl groups is 1. The first-order valence-corrected chi connectivity index (χ1v) is 6.49. The Hall–Kier alpha value is -1.42. The summed E-state index contributed by atoms with van der Waals surface area (Å²) in [5.41, 5.74) is 0.296. The minimum atomic E-state index is -0.666. The van der Waals surface area contributed by atoms with Gasteiger partial charge in [-0.3, -0.25) is 0 Å². The molecule has 1 aliphatic carbocycles. The molecular weight excluding hydrogens is 230 g/mol. The summed E-state index contributed by atoms with van der Waals surface area (Å²) >= 11 is 0. The van der Waals surface area contributed by atoms with E-state index in [4.69, 9.17) is 4.74 Å². The van der Waals surface area contributed by atoms with Crippen molar-refractivity contribution in [2.24, 2.45) is 5.18 Å². The smallest absolute Gasteiger partial charge is 0.119 e. The monoisotopic (exact) mass is 249 g/mol. The second-order valence-corrected chi connectivity index (χ2v) is 4.82. The molecule has 18 heavy (non-hydrogen) atoms. The summed E-state index contributed by atoms with van der Waals surface area (Å²) < 4.78 is 5.35. The molecule has 0 atom stereocenters. The molecule has 0 unspecified atom stereocenters. The Morgan fingerprint density at radius 2 is 1.83 bits per heavy atom. The van der Waals surface area contributed by atoms with E-state index in [-0.39, 0.29) is 6.54 Å². The van der Waals surface area contributed by atoms with Gasteiger partial charge in [0.1, 0.15) is 18.9 Å². The lowest BCUT2D eigenvalue weighted by Crippen LogP contribution is -2.28. The van der Waals surface area contributed by atoms with Crippen molar-refractivity contribution >= 4 is 0 Å². The second-order valence-electron chi connectivity index (χ2n) is 4.82. The van der Waals surface area contributed by atoms with E-state index in [0.29, 0.717) is 12.4 Å². The maximum absolute atomic E-state index is 10.6. The number of ether oxygens (including phenoxy) is 1. The van der Waals surface area contributed by atoms with Crippen LogP contribution in [0.2, 0.25) is 0 Å². The van der Waals surface area contributed by atoms with E-state index in [9.17, 15) is 10.0 Å². The van der Waals surface area contributed by atoms with Crippen molar-refractivity contribution in [2.75, 3.05) is 13.2 Å². The molecule has 0 radical (unpaired) electrons. The largest absolute Gasteiger partial charge is 0.492 e. The summed E-state index contributed by atoms with van der Waals surface area (Å²) in [5.74, 6) is 0.710. The fourth-order valence-electron chi connectivity index (χ4n) is 2.49. The van der Waals surface area contributed by atoms with Gasteiger partial charge in [0, 0.05) is 0 Å².